The molecule has 1 aromatic rings. The average Bonchev–Trinajstić information content (AvgIpc) is 2.38. The van der Waals surface area contributed by atoms with Crippen LogP contribution in [0.4, 0.5) is 10.5 Å². The number of hydrogen-bond donors (Lipinski definition) is 3. The predicted octanol–water partition coefficient (Wildman–Crippen LogP) is 0.420. The Balaban J connectivity index is 3.04. The quantitative estimate of drug-likeness (QED) is 0.518. The van der Waals surface area contributed by atoms with Crippen LogP contribution in [-0.2, 0) is 14.9 Å². The number of nitrogens with two attached hydrogens (primary N) is 1. The molecule has 20 heavy (non-hydrogen) atoms. The van der Waals surface area contributed by atoms with Gasteiger partial charge in [0.2, 0.25) is 0 Å². The van der Waals surface area contributed by atoms with Gasteiger partial charge in [-0.3, -0.25) is 9.71 Å². The molecule has 0 atom stereocenters. The second kappa shape index (κ2) is 6.75. The predicted molar refractivity (Wildman–Crippen MR) is 74.8 cm³/mol. The fourth-order valence-electron chi connectivity index (χ4n) is 1.41. The lowest BCUT2D eigenvalue weighted by atomic mass is 10.3. The normalized spacial score (nSPS) is 10.7. The van der Waals surface area contributed by atoms with Crippen LogP contribution < -0.4 is 14.8 Å². The molecule has 0 fully saturated rings. The Morgan fingerprint density at radius 3 is 2.50 bits per heavy atom. The van der Waals surface area contributed by atoms with Gasteiger partial charge in [-0.05, 0) is 12.1 Å². The molecule has 8 nitrogen and oxygen atoms in total. The van der Waals surface area contributed by atoms with Crippen molar-refractivity contribution in [1.29, 1.82) is 5.41 Å². The highest BCUT2D eigenvalue weighted by Gasteiger charge is 2.24. The van der Waals surface area contributed by atoms with Gasteiger partial charge in [0.05, 0.1) is 18.6 Å². The zero-order valence-electron chi connectivity index (χ0n) is 10.9. The lowest BCUT2D eigenvalue weighted by molar-refractivity contribution is 0.177. The lowest BCUT2D eigenvalue weighted by Gasteiger charge is -2.23. The van der Waals surface area contributed by atoms with Crippen LogP contribution in [0.5, 0.6) is 0 Å². The SMILES string of the molecule is COC(=O)NS(=O)(=O)N(CCC(=N)N)c1ccccc1. The number of nitrogens with one attached hydrogen (secondary N) is 2. The third-order valence-electron chi connectivity index (χ3n) is 2.32. The van der Waals surface area contributed by atoms with Gasteiger partial charge in [-0.2, -0.15) is 8.42 Å². The van der Waals surface area contributed by atoms with Crippen LogP contribution in [0.2, 0.25) is 0 Å². The van der Waals surface area contributed by atoms with E-state index in [1.54, 1.807) is 35.1 Å². The summed E-state index contributed by atoms with van der Waals surface area (Å²) in [6, 6.07) is 8.17. The summed E-state index contributed by atoms with van der Waals surface area (Å²) in [5.74, 6) is -0.154. The van der Waals surface area contributed by atoms with Gasteiger partial charge >= 0.3 is 16.3 Å². The second-order valence-corrected chi connectivity index (χ2v) is 5.38. The number of para-hydroxylation sites is 1. The third kappa shape index (κ3) is 4.43. The number of nitrogens with zero attached hydrogens (tertiary/aromatic N) is 1. The highest BCUT2D eigenvalue weighted by atomic mass is 32.2. The van der Waals surface area contributed by atoms with Gasteiger partial charge in [-0.1, -0.05) is 18.2 Å². The van der Waals surface area contributed by atoms with Crippen LogP contribution >= 0.6 is 0 Å². The molecular formula is C11H16N4O4S. The Morgan fingerprint density at radius 1 is 1.40 bits per heavy atom. The van der Waals surface area contributed by atoms with Gasteiger partial charge in [-0.15, -0.1) is 0 Å². The first-order valence-corrected chi connectivity index (χ1v) is 7.07. The van der Waals surface area contributed by atoms with Gasteiger partial charge in [0, 0.05) is 13.0 Å². The minimum Gasteiger partial charge on any atom is -0.452 e. The molecule has 9 heteroatoms. The van der Waals surface area contributed by atoms with Crippen LogP contribution in [0.1, 0.15) is 6.42 Å². The molecule has 0 bridgehead atoms. The maximum atomic E-state index is 12.1. The minimum atomic E-state index is -4.13. The molecule has 0 saturated heterocycles. The summed E-state index contributed by atoms with van der Waals surface area (Å²) in [6.45, 7) is -0.0638. The number of benzene rings is 1. The monoisotopic (exact) mass is 300 g/mol. The summed E-state index contributed by atoms with van der Waals surface area (Å²) < 4.78 is 31.2. The summed E-state index contributed by atoms with van der Waals surface area (Å²) in [4.78, 5) is 11.1. The van der Waals surface area contributed by atoms with E-state index in [2.05, 4.69) is 4.74 Å². The van der Waals surface area contributed by atoms with E-state index in [-0.39, 0.29) is 18.8 Å². The zero-order valence-corrected chi connectivity index (χ0v) is 11.7. The standard InChI is InChI=1S/C11H16N4O4S/c1-19-11(16)14-20(17,18)15(8-7-10(12)13)9-5-3-2-4-6-9/h2-6H,7-8H2,1H3,(H3,12,13)(H,14,16). The van der Waals surface area contributed by atoms with E-state index < -0.39 is 16.3 Å². The Kier molecular flexibility index (Phi) is 5.32. The van der Waals surface area contributed by atoms with Gasteiger partial charge in [0.15, 0.2) is 0 Å². The zero-order chi connectivity index (χ0) is 15.2. The summed E-state index contributed by atoms with van der Waals surface area (Å²) >= 11 is 0. The van der Waals surface area contributed by atoms with Crippen molar-refractivity contribution in [3.63, 3.8) is 0 Å². The molecule has 1 aromatic carbocycles. The van der Waals surface area contributed by atoms with Crippen molar-refractivity contribution < 1.29 is 17.9 Å². The van der Waals surface area contributed by atoms with E-state index >= 15 is 0 Å². The van der Waals surface area contributed by atoms with Crippen LogP contribution in [0.15, 0.2) is 30.3 Å². The van der Waals surface area contributed by atoms with Crippen molar-refractivity contribution in [2.75, 3.05) is 18.0 Å². The molecule has 1 amide bonds. The Bertz CT molecular complexity index is 573. The number of amides is 1. The molecule has 0 unspecified atom stereocenters. The molecule has 0 radical (unpaired) electrons. The van der Waals surface area contributed by atoms with E-state index in [1.807, 2.05) is 0 Å². The number of amidine groups is 1. The largest absolute Gasteiger partial charge is 0.452 e. The summed E-state index contributed by atoms with van der Waals surface area (Å²) in [7, 11) is -3.06. The first kappa shape index (κ1) is 15.8. The smallest absolute Gasteiger partial charge is 0.422 e. The maximum absolute atomic E-state index is 12.1. The number of carbonyl (C=O) groups is 1. The van der Waals surface area contributed by atoms with Crippen molar-refractivity contribution in [3.05, 3.63) is 30.3 Å². The van der Waals surface area contributed by atoms with Gasteiger partial charge in [-0.25, -0.2) is 9.52 Å². The van der Waals surface area contributed by atoms with Gasteiger partial charge < -0.3 is 10.5 Å². The number of hydrogen-bond acceptors (Lipinski definition) is 5. The number of rotatable bonds is 6. The Morgan fingerprint density at radius 2 is 2.00 bits per heavy atom. The molecule has 1 rings (SSSR count). The van der Waals surface area contributed by atoms with E-state index in [4.69, 9.17) is 11.1 Å². The average molecular weight is 300 g/mol. The fourth-order valence-corrected chi connectivity index (χ4v) is 2.54. The van der Waals surface area contributed by atoms with Crippen molar-refractivity contribution in [1.82, 2.24) is 4.72 Å². The van der Waals surface area contributed by atoms with E-state index in [9.17, 15) is 13.2 Å². The van der Waals surface area contributed by atoms with E-state index in [1.165, 1.54) is 0 Å². The minimum absolute atomic E-state index is 0.0387. The van der Waals surface area contributed by atoms with Crippen LogP contribution in [0.3, 0.4) is 0 Å². The molecular weight excluding hydrogens is 284 g/mol. The number of ether oxygens (including phenoxy) is 1. The molecule has 0 aliphatic heterocycles. The van der Waals surface area contributed by atoms with Gasteiger partial charge in [0.1, 0.15) is 0 Å². The van der Waals surface area contributed by atoms with E-state index in [0.29, 0.717) is 5.69 Å². The van der Waals surface area contributed by atoms with Crippen LogP contribution in [-0.4, -0.2) is 34.0 Å². The molecule has 0 aromatic heterocycles. The fraction of sp³-hybridized carbons (Fsp3) is 0.273. The lowest BCUT2D eigenvalue weighted by Crippen LogP contribution is -2.44. The molecule has 4 N–H and O–H groups in total. The molecule has 0 heterocycles. The number of anilines is 1. The third-order valence-corrected chi connectivity index (χ3v) is 3.71. The summed E-state index contributed by atoms with van der Waals surface area (Å²) in [5, 5.41) is 7.18. The first-order chi connectivity index (χ1) is 9.36. The maximum Gasteiger partial charge on any atom is 0.422 e. The number of carbonyl (C=O) groups excluding carboxylic acids is 1. The molecule has 0 saturated carbocycles. The van der Waals surface area contributed by atoms with Crippen molar-refractivity contribution >= 4 is 27.8 Å². The highest BCUT2D eigenvalue weighted by Crippen LogP contribution is 2.17. The second-order valence-electron chi connectivity index (χ2n) is 3.78. The van der Waals surface area contributed by atoms with Crippen molar-refractivity contribution in [3.8, 4) is 0 Å². The molecule has 0 aliphatic rings. The van der Waals surface area contributed by atoms with Crippen LogP contribution in [0.25, 0.3) is 0 Å². The molecule has 110 valence electrons. The van der Waals surface area contributed by atoms with Crippen molar-refractivity contribution in [2.24, 2.45) is 5.73 Å². The Hall–Kier alpha value is -2.29. The number of methoxy groups -OCH3 is 1. The van der Waals surface area contributed by atoms with Crippen LogP contribution in [0, 0.1) is 5.41 Å². The summed E-state index contributed by atoms with van der Waals surface area (Å²) in [6.07, 6.45) is -1.05. The first-order valence-electron chi connectivity index (χ1n) is 5.63. The summed E-state index contributed by atoms with van der Waals surface area (Å²) in [5.41, 5.74) is 5.59. The van der Waals surface area contributed by atoms with Crippen molar-refractivity contribution in [2.45, 2.75) is 6.42 Å². The highest BCUT2D eigenvalue weighted by molar-refractivity contribution is 7.91. The Labute approximate surface area is 117 Å². The topological polar surface area (TPSA) is 126 Å². The molecule has 0 spiro atoms. The van der Waals surface area contributed by atoms with Gasteiger partial charge in [0.25, 0.3) is 0 Å². The van der Waals surface area contributed by atoms with E-state index in [0.717, 1.165) is 11.4 Å². The molecule has 0 aliphatic carbocycles.